The number of hydrogen-bond donors (Lipinski definition) is 4. The minimum Gasteiger partial charge on any atom is -0.347 e. The van der Waals surface area contributed by atoms with Gasteiger partial charge in [0.25, 0.3) is 11.8 Å². The van der Waals surface area contributed by atoms with Gasteiger partial charge in [0.2, 0.25) is 23.5 Å². The lowest BCUT2D eigenvalue weighted by molar-refractivity contribution is -0.146. The summed E-state index contributed by atoms with van der Waals surface area (Å²) in [6.07, 6.45) is 13.9. The minimum absolute atomic E-state index is 0.0132. The fourth-order valence-corrected chi connectivity index (χ4v) is 7.87. The molecular formula is C36H53N7O6. The Morgan fingerprint density at radius 3 is 2.27 bits per heavy atom. The Morgan fingerprint density at radius 2 is 1.63 bits per heavy atom. The van der Waals surface area contributed by atoms with Gasteiger partial charge in [-0.25, -0.2) is 4.98 Å². The highest BCUT2D eigenvalue weighted by atomic mass is 16.2. The average molecular weight is 680 g/mol. The Balaban J connectivity index is 1.36. The van der Waals surface area contributed by atoms with Crippen molar-refractivity contribution in [1.29, 1.82) is 0 Å². The van der Waals surface area contributed by atoms with Crippen molar-refractivity contribution in [3.05, 3.63) is 24.3 Å². The third-order valence-electron chi connectivity index (χ3n) is 10.7. The zero-order chi connectivity index (χ0) is 35.3. The van der Waals surface area contributed by atoms with Crippen LogP contribution in [0.5, 0.6) is 0 Å². The molecule has 1 saturated heterocycles. The molecule has 4 N–H and O–H groups in total. The molecule has 3 saturated carbocycles. The lowest BCUT2D eigenvalue weighted by Crippen LogP contribution is -2.62. The van der Waals surface area contributed by atoms with E-state index in [0.29, 0.717) is 19.4 Å². The Labute approximate surface area is 288 Å². The Bertz CT molecular complexity index is 1390. The summed E-state index contributed by atoms with van der Waals surface area (Å²) in [4.78, 5) is 91.4. The molecule has 4 fully saturated rings. The third-order valence-corrected chi connectivity index (χ3v) is 10.7. The second kappa shape index (κ2) is 15.8. The van der Waals surface area contributed by atoms with Crippen LogP contribution in [0.15, 0.2) is 18.6 Å². The number of amides is 5. The van der Waals surface area contributed by atoms with Gasteiger partial charge in [-0.15, -0.1) is 0 Å². The van der Waals surface area contributed by atoms with Crippen molar-refractivity contribution in [1.82, 2.24) is 36.1 Å². The van der Waals surface area contributed by atoms with E-state index < -0.39 is 59.0 Å². The van der Waals surface area contributed by atoms with Crippen LogP contribution in [0, 0.1) is 23.2 Å². The molecule has 0 unspecified atom stereocenters. The summed E-state index contributed by atoms with van der Waals surface area (Å²) in [6, 6.07) is -3.68. The Morgan fingerprint density at radius 1 is 0.898 bits per heavy atom. The molecule has 5 amide bonds. The number of aromatic nitrogens is 2. The number of nitrogens with one attached hydrogen (secondary N) is 4. The van der Waals surface area contributed by atoms with Crippen LogP contribution in [-0.4, -0.2) is 86.9 Å². The molecule has 1 aliphatic heterocycles. The first-order valence-corrected chi connectivity index (χ1v) is 18.2. The molecule has 3 aliphatic carbocycles. The van der Waals surface area contributed by atoms with E-state index in [1.165, 1.54) is 18.6 Å². The van der Waals surface area contributed by atoms with Gasteiger partial charge in [0.15, 0.2) is 0 Å². The van der Waals surface area contributed by atoms with Crippen LogP contribution >= 0.6 is 0 Å². The van der Waals surface area contributed by atoms with Crippen molar-refractivity contribution in [2.24, 2.45) is 23.2 Å². The number of ketones is 1. The third kappa shape index (κ3) is 8.83. The maximum absolute atomic E-state index is 14.6. The molecule has 2 heterocycles. The van der Waals surface area contributed by atoms with E-state index in [1.807, 2.05) is 27.7 Å². The zero-order valence-electron chi connectivity index (χ0n) is 29.3. The van der Waals surface area contributed by atoms with Crippen molar-refractivity contribution in [3.8, 4) is 0 Å². The maximum atomic E-state index is 14.6. The minimum atomic E-state index is -0.994. The Kier molecular flexibility index (Phi) is 11.7. The largest absolute Gasteiger partial charge is 0.347 e. The van der Waals surface area contributed by atoms with Gasteiger partial charge in [-0.3, -0.25) is 33.8 Å². The van der Waals surface area contributed by atoms with Crippen LogP contribution in [0.25, 0.3) is 0 Å². The number of fused-ring (bicyclic) bond motifs is 1. The molecule has 268 valence electrons. The van der Waals surface area contributed by atoms with E-state index in [0.717, 1.165) is 64.2 Å². The summed E-state index contributed by atoms with van der Waals surface area (Å²) in [5.41, 5.74) is -0.638. The zero-order valence-corrected chi connectivity index (χ0v) is 29.3. The fraction of sp³-hybridized carbons (Fsp3) is 0.722. The van der Waals surface area contributed by atoms with E-state index in [-0.39, 0.29) is 35.4 Å². The van der Waals surface area contributed by atoms with Gasteiger partial charge in [-0.2, -0.15) is 0 Å². The molecule has 13 nitrogen and oxygen atoms in total. The Hall–Kier alpha value is -3.90. The number of hydrogen-bond acceptors (Lipinski definition) is 8. The number of rotatable bonds is 13. The maximum Gasteiger partial charge on any atom is 0.289 e. The molecule has 1 aromatic heterocycles. The van der Waals surface area contributed by atoms with Crippen LogP contribution < -0.4 is 21.3 Å². The van der Waals surface area contributed by atoms with Gasteiger partial charge < -0.3 is 26.2 Å². The van der Waals surface area contributed by atoms with Crippen molar-refractivity contribution < 1.29 is 28.8 Å². The standard InChI is InChI=1S/C36H53N7O6/c1-5-10-25(29(44)34(48)39-23-15-16-23)40-33(47)28-24-14-9-13-22(24)20-43(28)35(49)30(36(2,3)4)42-32(46)27(21-11-7-6-8-12-21)41-31(45)26-19-37-17-18-38-26/h17-19,21-25,27-28,30H,5-16,20H2,1-4H3,(H,39,48)(H,40,47)(H,41,45)(H,42,46)/t22-,24+,25+,27-,28-,30+/m1/s1. The van der Waals surface area contributed by atoms with Crippen molar-refractivity contribution >= 4 is 35.3 Å². The normalized spacial score (nSPS) is 24.2. The summed E-state index contributed by atoms with van der Waals surface area (Å²) in [5.74, 6) is -3.20. The monoisotopic (exact) mass is 679 g/mol. The van der Waals surface area contributed by atoms with Gasteiger partial charge >= 0.3 is 0 Å². The van der Waals surface area contributed by atoms with E-state index in [2.05, 4.69) is 31.2 Å². The van der Waals surface area contributed by atoms with Gasteiger partial charge in [0, 0.05) is 25.0 Å². The van der Waals surface area contributed by atoms with Crippen LogP contribution in [0.1, 0.15) is 115 Å². The molecule has 1 aromatic rings. The lowest BCUT2D eigenvalue weighted by Gasteiger charge is -2.38. The van der Waals surface area contributed by atoms with Gasteiger partial charge in [-0.1, -0.05) is 59.8 Å². The smallest absolute Gasteiger partial charge is 0.289 e. The van der Waals surface area contributed by atoms with Gasteiger partial charge in [0.1, 0.15) is 23.8 Å². The number of carbonyl (C=O) groups excluding carboxylic acids is 6. The molecule has 5 rings (SSSR count). The molecule has 4 aliphatic rings. The van der Waals surface area contributed by atoms with E-state index >= 15 is 0 Å². The number of Topliss-reactive ketones (excluding diaryl/α,β-unsaturated/α-hetero) is 1. The highest BCUT2D eigenvalue weighted by Crippen LogP contribution is 2.43. The highest BCUT2D eigenvalue weighted by molar-refractivity contribution is 6.38. The number of likely N-dealkylation sites (tertiary alicyclic amines) is 1. The summed E-state index contributed by atoms with van der Waals surface area (Å²) >= 11 is 0. The van der Waals surface area contributed by atoms with E-state index in [4.69, 9.17) is 0 Å². The molecule has 49 heavy (non-hydrogen) atoms. The summed E-state index contributed by atoms with van der Waals surface area (Å²) in [7, 11) is 0. The van der Waals surface area contributed by atoms with Crippen molar-refractivity contribution in [2.75, 3.05) is 6.54 Å². The summed E-state index contributed by atoms with van der Waals surface area (Å²) < 4.78 is 0. The van der Waals surface area contributed by atoms with Crippen LogP contribution in [0.3, 0.4) is 0 Å². The second-order valence-electron chi connectivity index (χ2n) is 15.5. The predicted octanol–water partition coefficient (Wildman–Crippen LogP) is 2.45. The quantitative estimate of drug-likeness (QED) is 0.230. The van der Waals surface area contributed by atoms with E-state index in [9.17, 15) is 28.8 Å². The first kappa shape index (κ1) is 36.4. The van der Waals surface area contributed by atoms with Gasteiger partial charge in [0.05, 0.1) is 12.2 Å². The summed E-state index contributed by atoms with van der Waals surface area (Å²) in [6.45, 7) is 7.85. The summed E-state index contributed by atoms with van der Waals surface area (Å²) in [5, 5.41) is 11.5. The molecule has 0 radical (unpaired) electrons. The van der Waals surface area contributed by atoms with Crippen molar-refractivity contribution in [2.45, 2.75) is 135 Å². The highest BCUT2D eigenvalue weighted by Gasteiger charge is 2.52. The SMILES string of the molecule is CCC[C@H](NC(=O)[C@H]1[C@H]2CCC[C@@H]2CN1C(=O)[C@H](NC(=O)[C@H](NC(=O)c1cnccn1)C1CCCCC1)C(C)(C)C)C(=O)C(=O)NC1CC1. The second-order valence-corrected chi connectivity index (χ2v) is 15.5. The molecule has 13 heteroatoms. The molecular weight excluding hydrogens is 626 g/mol. The molecule has 0 spiro atoms. The molecule has 6 atom stereocenters. The van der Waals surface area contributed by atoms with Crippen LogP contribution in [0.4, 0.5) is 0 Å². The topological polar surface area (TPSA) is 180 Å². The van der Waals surface area contributed by atoms with E-state index in [1.54, 1.807) is 4.90 Å². The number of nitrogens with zero attached hydrogens (tertiary/aromatic N) is 3. The average Bonchev–Trinajstić information content (AvgIpc) is 3.65. The van der Waals surface area contributed by atoms with Crippen LogP contribution in [-0.2, 0) is 24.0 Å². The number of carbonyl (C=O) groups is 6. The van der Waals surface area contributed by atoms with Gasteiger partial charge in [-0.05, 0) is 68.1 Å². The lowest BCUT2D eigenvalue weighted by atomic mass is 9.82. The fourth-order valence-electron chi connectivity index (χ4n) is 7.87. The first-order chi connectivity index (χ1) is 23.4. The first-order valence-electron chi connectivity index (χ1n) is 18.2. The molecule has 0 bridgehead atoms. The molecule has 0 aromatic carbocycles. The predicted molar refractivity (Wildman–Crippen MR) is 181 cm³/mol. The van der Waals surface area contributed by atoms with Crippen molar-refractivity contribution in [3.63, 3.8) is 0 Å². The van der Waals surface area contributed by atoms with Crippen LogP contribution in [0.2, 0.25) is 0 Å².